The standard InChI is InChI=1S/C20H29N3O3/c1-15(2)7-9-20(19(25)26)13-22(10-8-18(20)24)11-12-23-14-21-16-5-3-4-6-17(16)23/h3-6,14-15,18,24H,7-13H2,1-2H3,(H,25,26)/t18-,20-/m1/s1. The van der Waals surface area contributed by atoms with Crippen LogP contribution in [0.2, 0.25) is 0 Å². The number of aliphatic hydroxyl groups is 1. The lowest BCUT2D eigenvalue weighted by Crippen LogP contribution is -2.56. The zero-order chi connectivity index (χ0) is 18.7. The Morgan fingerprint density at radius 2 is 2.12 bits per heavy atom. The fraction of sp³-hybridized carbons (Fsp3) is 0.600. The topological polar surface area (TPSA) is 78.6 Å². The number of para-hydroxylation sites is 2. The average Bonchev–Trinajstić information content (AvgIpc) is 3.03. The highest BCUT2D eigenvalue weighted by atomic mass is 16.4. The van der Waals surface area contributed by atoms with E-state index in [-0.39, 0.29) is 0 Å². The summed E-state index contributed by atoms with van der Waals surface area (Å²) in [5, 5.41) is 20.4. The number of hydrogen-bond acceptors (Lipinski definition) is 4. The number of nitrogens with zero attached hydrogens (tertiary/aromatic N) is 3. The fourth-order valence-corrected chi connectivity index (χ4v) is 3.90. The number of carboxylic acids is 1. The monoisotopic (exact) mass is 359 g/mol. The van der Waals surface area contributed by atoms with Gasteiger partial charge in [0.25, 0.3) is 0 Å². The maximum absolute atomic E-state index is 12.1. The molecule has 1 saturated heterocycles. The largest absolute Gasteiger partial charge is 0.481 e. The molecule has 1 aromatic heterocycles. The van der Waals surface area contributed by atoms with Gasteiger partial charge in [0.1, 0.15) is 5.41 Å². The number of rotatable bonds is 7. The van der Waals surface area contributed by atoms with Crippen molar-refractivity contribution in [2.45, 2.75) is 45.8 Å². The van der Waals surface area contributed by atoms with E-state index in [2.05, 4.69) is 28.3 Å². The average molecular weight is 359 g/mol. The van der Waals surface area contributed by atoms with Crippen LogP contribution in [-0.4, -0.2) is 56.4 Å². The highest BCUT2D eigenvalue weighted by molar-refractivity contribution is 5.76. The van der Waals surface area contributed by atoms with Crippen LogP contribution in [0.15, 0.2) is 30.6 Å². The van der Waals surface area contributed by atoms with Crippen molar-refractivity contribution in [2.75, 3.05) is 19.6 Å². The molecule has 142 valence electrons. The zero-order valence-electron chi connectivity index (χ0n) is 15.6. The van der Waals surface area contributed by atoms with E-state index in [1.165, 1.54) is 0 Å². The number of carboxylic acid groups (broad SMARTS) is 1. The van der Waals surface area contributed by atoms with Crippen molar-refractivity contribution < 1.29 is 15.0 Å². The molecule has 2 heterocycles. The molecule has 0 spiro atoms. The fourth-order valence-electron chi connectivity index (χ4n) is 3.90. The molecular formula is C20H29N3O3. The van der Waals surface area contributed by atoms with E-state index < -0.39 is 17.5 Å². The molecule has 0 radical (unpaired) electrons. The first kappa shape index (κ1) is 18.9. The van der Waals surface area contributed by atoms with Crippen molar-refractivity contribution in [2.24, 2.45) is 11.3 Å². The van der Waals surface area contributed by atoms with Crippen LogP contribution in [0.25, 0.3) is 11.0 Å². The van der Waals surface area contributed by atoms with E-state index in [4.69, 9.17) is 0 Å². The maximum atomic E-state index is 12.1. The second-order valence-corrected chi connectivity index (χ2v) is 7.90. The van der Waals surface area contributed by atoms with E-state index in [9.17, 15) is 15.0 Å². The van der Waals surface area contributed by atoms with Crippen molar-refractivity contribution in [3.63, 3.8) is 0 Å². The summed E-state index contributed by atoms with van der Waals surface area (Å²) in [7, 11) is 0. The third-order valence-electron chi connectivity index (χ3n) is 5.64. The first-order valence-corrected chi connectivity index (χ1v) is 9.46. The number of likely N-dealkylation sites (tertiary alicyclic amines) is 1. The van der Waals surface area contributed by atoms with E-state index in [0.29, 0.717) is 25.3 Å². The quantitative estimate of drug-likeness (QED) is 0.794. The Hall–Kier alpha value is -1.92. The number of fused-ring (bicyclic) bond motifs is 1. The normalized spacial score (nSPS) is 24.4. The zero-order valence-corrected chi connectivity index (χ0v) is 15.6. The van der Waals surface area contributed by atoms with Crippen molar-refractivity contribution in [1.82, 2.24) is 14.5 Å². The molecule has 2 atom stereocenters. The highest BCUT2D eigenvalue weighted by Gasteiger charge is 2.48. The van der Waals surface area contributed by atoms with Crippen molar-refractivity contribution >= 4 is 17.0 Å². The summed E-state index contributed by atoms with van der Waals surface area (Å²) in [6.45, 7) is 6.83. The van der Waals surface area contributed by atoms with Gasteiger partial charge >= 0.3 is 5.97 Å². The molecule has 0 amide bonds. The van der Waals surface area contributed by atoms with Crippen molar-refractivity contribution in [1.29, 1.82) is 0 Å². The number of aliphatic hydroxyl groups excluding tert-OH is 1. The smallest absolute Gasteiger partial charge is 0.313 e. The van der Waals surface area contributed by atoms with Gasteiger partial charge in [-0.15, -0.1) is 0 Å². The predicted molar refractivity (Wildman–Crippen MR) is 101 cm³/mol. The molecular weight excluding hydrogens is 330 g/mol. The first-order chi connectivity index (χ1) is 12.4. The van der Waals surface area contributed by atoms with Gasteiger partial charge < -0.3 is 19.7 Å². The lowest BCUT2D eigenvalue weighted by Gasteiger charge is -2.43. The van der Waals surface area contributed by atoms with E-state index >= 15 is 0 Å². The van der Waals surface area contributed by atoms with Gasteiger partial charge in [0.2, 0.25) is 0 Å². The molecule has 0 unspecified atom stereocenters. The third-order valence-corrected chi connectivity index (χ3v) is 5.64. The van der Waals surface area contributed by atoms with Crippen LogP contribution < -0.4 is 0 Å². The first-order valence-electron chi connectivity index (χ1n) is 9.46. The van der Waals surface area contributed by atoms with E-state index in [0.717, 1.165) is 37.1 Å². The SMILES string of the molecule is CC(C)CC[C@@]1(C(=O)O)CN(CCn2cnc3ccccc32)CC[C@H]1O. The van der Waals surface area contributed by atoms with Gasteiger partial charge in [0.15, 0.2) is 0 Å². The third kappa shape index (κ3) is 3.76. The molecule has 0 bridgehead atoms. The van der Waals surface area contributed by atoms with Crippen LogP contribution in [0.1, 0.15) is 33.1 Å². The Bertz CT molecular complexity index is 758. The summed E-state index contributed by atoms with van der Waals surface area (Å²) in [6.07, 6.45) is 2.90. The van der Waals surface area contributed by atoms with Crippen molar-refractivity contribution in [3.05, 3.63) is 30.6 Å². The van der Waals surface area contributed by atoms with Gasteiger partial charge in [-0.25, -0.2) is 4.98 Å². The molecule has 1 aromatic carbocycles. The number of aliphatic carboxylic acids is 1. The van der Waals surface area contributed by atoms with Crippen LogP contribution in [-0.2, 0) is 11.3 Å². The van der Waals surface area contributed by atoms with Crippen LogP contribution in [0.4, 0.5) is 0 Å². The number of carbonyl (C=O) groups is 1. The molecule has 0 aliphatic carbocycles. The number of piperidine rings is 1. The Morgan fingerprint density at radius 1 is 1.35 bits per heavy atom. The summed E-state index contributed by atoms with van der Waals surface area (Å²) in [6, 6.07) is 8.01. The van der Waals surface area contributed by atoms with Crippen LogP contribution >= 0.6 is 0 Å². The molecule has 1 fully saturated rings. The van der Waals surface area contributed by atoms with E-state index in [1.807, 2.05) is 30.6 Å². The second kappa shape index (κ2) is 7.76. The van der Waals surface area contributed by atoms with Crippen LogP contribution in [0, 0.1) is 11.3 Å². The molecule has 0 saturated carbocycles. The molecule has 2 aromatic rings. The number of imidazole rings is 1. The molecule has 1 aliphatic rings. The lowest BCUT2D eigenvalue weighted by molar-refractivity contribution is -0.164. The highest BCUT2D eigenvalue weighted by Crippen LogP contribution is 2.36. The van der Waals surface area contributed by atoms with Crippen LogP contribution in [0.3, 0.4) is 0 Å². The minimum Gasteiger partial charge on any atom is -0.481 e. The molecule has 1 aliphatic heterocycles. The predicted octanol–water partition coefficient (Wildman–Crippen LogP) is 2.61. The minimum atomic E-state index is -1.06. The number of benzene rings is 1. The van der Waals surface area contributed by atoms with Gasteiger partial charge in [-0.1, -0.05) is 26.0 Å². The lowest BCUT2D eigenvalue weighted by atomic mass is 9.73. The molecule has 3 rings (SSSR count). The van der Waals surface area contributed by atoms with Crippen molar-refractivity contribution in [3.8, 4) is 0 Å². The molecule has 26 heavy (non-hydrogen) atoms. The van der Waals surface area contributed by atoms with Crippen LogP contribution in [0.5, 0.6) is 0 Å². The van der Waals surface area contributed by atoms with Gasteiger partial charge in [-0.05, 0) is 37.3 Å². The summed E-state index contributed by atoms with van der Waals surface area (Å²) >= 11 is 0. The molecule has 6 heteroatoms. The van der Waals surface area contributed by atoms with Gasteiger partial charge in [-0.3, -0.25) is 4.79 Å². The van der Waals surface area contributed by atoms with Gasteiger partial charge in [-0.2, -0.15) is 0 Å². The Labute approximate surface area is 154 Å². The van der Waals surface area contributed by atoms with Gasteiger partial charge in [0, 0.05) is 26.2 Å². The number of aromatic nitrogens is 2. The Kier molecular flexibility index (Phi) is 5.63. The summed E-state index contributed by atoms with van der Waals surface area (Å²) in [5.41, 5.74) is 1.01. The summed E-state index contributed by atoms with van der Waals surface area (Å²) in [5.74, 6) is -0.449. The summed E-state index contributed by atoms with van der Waals surface area (Å²) < 4.78 is 2.11. The Morgan fingerprint density at radius 3 is 2.85 bits per heavy atom. The van der Waals surface area contributed by atoms with Gasteiger partial charge in [0.05, 0.1) is 23.5 Å². The minimum absolute atomic E-state index is 0.406. The maximum Gasteiger partial charge on any atom is 0.313 e. The molecule has 2 N–H and O–H groups in total. The molecule has 6 nitrogen and oxygen atoms in total. The second-order valence-electron chi connectivity index (χ2n) is 7.90. The Balaban J connectivity index is 1.69. The summed E-state index contributed by atoms with van der Waals surface area (Å²) in [4.78, 5) is 18.6. The van der Waals surface area contributed by atoms with E-state index in [1.54, 1.807) is 0 Å². The number of hydrogen-bond donors (Lipinski definition) is 2.